The first-order chi connectivity index (χ1) is 2.56. The van der Waals surface area contributed by atoms with Crippen molar-refractivity contribution in [2.45, 2.75) is 13.1 Å². The van der Waals surface area contributed by atoms with Crippen LogP contribution in [0, 0.1) is 0 Å². The molecule has 0 aliphatic rings. The predicted molar refractivity (Wildman–Crippen MR) is 31.0 cm³/mol. The summed E-state index contributed by atoms with van der Waals surface area (Å²) in [6.45, 7) is 7.08. The molecule has 1 N–H and O–H groups in total. The first-order valence-electron chi connectivity index (χ1n) is 1.92. The van der Waals surface area contributed by atoms with E-state index in [1.807, 2.05) is 13.1 Å². The predicted octanol–water partition coefficient (Wildman–Crippen LogP) is -1.97. The molecular formula is C4H11LiOSi. The molecule has 0 aliphatic carbocycles. The Morgan fingerprint density at radius 2 is 1.86 bits per heavy atom. The fraction of sp³-hybridized carbons (Fsp3) is 0.500. The minimum atomic E-state index is -1.87. The maximum absolute atomic E-state index is 8.85. The summed E-state index contributed by atoms with van der Waals surface area (Å²) in [7, 11) is -1.87. The minimum Gasteiger partial charge on any atom is -1.00 e. The van der Waals surface area contributed by atoms with Crippen molar-refractivity contribution in [1.29, 1.82) is 0 Å². The minimum absolute atomic E-state index is 0. The summed E-state index contributed by atoms with van der Waals surface area (Å²) >= 11 is 0. The molecule has 1 nitrogen and oxygen atoms in total. The Bertz CT molecular complexity index is 61.5. The number of rotatable bonds is 1. The van der Waals surface area contributed by atoms with Gasteiger partial charge in [0.25, 0.3) is 0 Å². The molecule has 0 unspecified atom stereocenters. The van der Waals surface area contributed by atoms with Crippen LogP contribution in [0.25, 0.3) is 0 Å². The van der Waals surface area contributed by atoms with Crippen LogP contribution in [0.5, 0.6) is 0 Å². The first kappa shape index (κ1) is 10.5. The zero-order chi connectivity index (χ0) is 5.21. The molecule has 0 aromatic carbocycles. The zero-order valence-electron chi connectivity index (χ0n) is 6.23. The second-order valence-electron chi connectivity index (χ2n) is 1.86. The van der Waals surface area contributed by atoms with Crippen LogP contribution in [0.2, 0.25) is 13.1 Å². The quantitative estimate of drug-likeness (QED) is 0.388. The van der Waals surface area contributed by atoms with E-state index in [4.69, 9.17) is 4.80 Å². The molecule has 0 atom stereocenters. The van der Waals surface area contributed by atoms with Crippen LogP contribution in [0.15, 0.2) is 12.3 Å². The van der Waals surface area contributed by atoms with Crippen molar-refractivity contribution in [2.75, 3.05) is 0 Å². The van der Waals surface area contributed by atoms with Gasteiger partial charge < -0.3 is 6.22 Å². The van der Waals surface area contributed by atoms with Gasteiger partial charge >= 0.3 is 18.9 Å². The molecule has 0 rings (SSSR count). The molecule has 3 heteroatoms. The summed E-state index contributed by atoms with van der Waals surface area (Å²) in [5, 5.41) is 0. The van der Waals surface area contributed by atoms with Gasteiger partial charge in [-0.3, -0.25) is 0 Å². The number of hydrogen-bond acceptors (Lipinski definition) is 1. The fourth-order valence-electron chi connectivity index (χ4n) is 0. The van der Waals surface area contributed by atoms with Crippen LogP contribution in [-0.2, 0) is 0 Å². The maximum Gasteiger partial charge on any atom is 1.00 e. The van der Waals surface area contributed by atoms with Gasteiger partial charge in [0.15, 0.2) is 0 Å². The molecule has 0 saturated carbocycles. The Morgan fingerprint density at radius 1 is 1.71 bits per heavy atom. The Balaban J connectivity index is -0.000000125. The molecule has 0 fully saturated rings. The SMILES string of the molecule is C=C[Si](C)(C)O.[H-].[Li+]. The van der Waals surface area contributed by atoms with Crippen LogP contribution in [0.3, 0.4) is 0 Å². The standard InChI is InChI=1S/C4H10OSi.Li.H/c1-4-6(2,3)5;;/h4-5H,1H2,2-3H3;;/q;+1;-1. The molecule has 0 saturated heterocycles. The van der Waals surface area contributed by atoms with Crippen molar-refractivity contribution in [3.05, 3.63) is 12.3 Å². The summed E-state index contributed by atoms with van der Waals surface area (Å²) < 4.78 is 0. The van der Waals surface area contributed by atoms with Crippen molar-refractivity contribution >= 4 is 8.32 Å². The molecule has 0 amide bonds. The van der Waals surface area contributed by atoms with Gasteiger partial charge in [-0.25, -0.2) is 0 Å². The van der Waals surface area contributed by atoms with Gasteiger partial charge in [0.05, 0.1) is 0 Å². The largest absolute Gasteiger partial charge is 1.00 e. The van der Waals surface area contributed by atoms with Gasteiger partial charge in [0.2, 0.25) is 8.32 Å². The summed E-state index contributed by atoms with van der Waals surface area (Å²) in [5.74, 6) is 0. The van der Waals surface area contributed by atoms with Crippen LogP contribution >= 0.6 is 0 Å². The monoisotopic (exact) mass is 110 g/mol. The van der Waals surface area contributed by atoms with E-state index in [1.165, 1.54) is 0 Å². The Morgan fingerprint density at radius 3 is 1.86 bits per heavy atom. The Labute approximate surface area is 59.2 Å². The van der Waals surface area contributed by atoms with E-state index in [0.717, 1.165) is 0 Å². The molecule has 0 aliphatic heterocycles. The first-order valence-corrected chi connectivity index (χ1v) is 4.95. The maximum atomic E-state index is 8.85. The molecule has 0 spiro atoms. The van der Waals surface area contributed by atoms with E-state index < -0.39 is 8.32 Å². The van der Waals surface area contributed by atoms with Gasteiger partial charge in [0.1, 0.15) is 0 Å². The van der Waals surface area contributed by atoms with Crippen molar-refractivity contribution in [3.8, 4) is 0 Å². The average Bonchev–Trinajstić information content (AvgIpc) is 1.35. The van der Waals surface area contributed by atoms with Crippen molar-refractivity contribution in [2.24, 2.45) is 0 Å². The van der Waals surface area contributed by atoms with Gasteiger partial charge in [-0.15, -0.1) is 6.58 Å². The summed E-state index contributed by atoms with van der Waals surface area (Å²) in [6, 6.07) is 0. The van der Waals surface area contributed by atoms with Gasteiger partial charge in [-0.1, -0.05) is 5.70 Å². The fourth-order valence-corrected chi connectivity index (χ4v) is 0. The second kappa shape index (κ2) is 3.51. The smallest absolute Gasteiger partial charge is 1.00 e. The Kier molecular flexibility index (Phi) is 5.26. The molecule has 0 aromatic rings. The molecule has 0 aromatic heterocycles. The van der Waals surface area contributed by atoms with E-state index in [2.05, 4.69) is 6.58 Å². The third-order valence-corrected chi connectivity index (χ3v) is 1.50. The molecule has 0 heterocycles. The van der Waals surface area contributed by atoms with E-state index in [1.54, 1.807) is 5.70 Å². The van der Waals surface area contributed by atoms with E-state index >= 15 is 0 Å². The molecule has 0 radical (unpaired) electrons. The van der Waals surface area contributed by atoms with E-state index in [9.17, 15) is 0 Å². The van der Waals surface area contributed by atoms with Crippen LogP contribution < -0.4 is 18.9 Å². The molecule has 0 bridgehead atoms. The third kappa shape index (κ3) is 10.7. The molecule has 7 heavy (non-hydrogen) atoms. The summed E-state index contributed by atoms with van der Waals surface area (Å²) in [5.41, 5.74) is 1.63. The third-order valence-electron chi connectivity index (χ3n) is 0.500. The van der Waals surface area contributed by atoms with Crippen LogP contribution in [-0.4, -0.2) is 13.1 Å². The van der Waals surface area contributed by atoms with Gasteiger partial charge in [0, 0.05) is 0 Å². The van der Waals surface area contributed by atoms with Crippen molar-refractivity contribution < 1.29 is 25.1 Å². The van der Waals surface area contributed by atoms with Crippen molar-refractivity contribution in [3.63, 3.8) is 0 Å². The van der Waals surface area contributed by atoms with E-state index in [-0.39, 0.29) is 20.3 Å². The average molecular weight is 110 g/mol. The van der Waals surface area contributed by atoms with Crippen LogP contribution in [0.4, 0.5) is 0 Å². The van der Waals surface area contributed by atoms with E-state index in [0.29, 0.717) is 0 Å². The van der Waals surface area contributed by atoms with Gasteiger partial charge in [-0.05, 0) is 13.1 Å². The molecule has 38 valence electrons. The molecular weight excluding hydrogens is 99.1 g/mol. The summed E-state index contributed by atoms with van der Waals surface area (Å²) in [4.78, 5) is 8.85. The normalized spacial score (nSPS) is 9.57. The Hall–Kier alpha value is 0.514. The van der Waals surface area contributed by atoms with Gasteiger partial charge in [-0.2, -0.15) is 0 Å². The topological polar surface area (TPSA) is 20.2 Å². The zero-order valence-corrected chi connectivity index (χ0v) is 6.23. The summed E-state index contributed by atoms with van der Waals surface area (Å²) in [6.07, 6.45) is 0. The second-order valence-corrected chi connectivity index (χ2v) is 5.57. The van der Waals surface area contributed by atoms with Crippen molar-refractivity contribution in [1.82, 2.24) is 0 Å². The van der Waals surface area contributed by atoms with Crippen LogP contribution in [0.1, 0.15) is 1.43 Å². The number of hydrogen-bond donors (Lipinski definition) is 1.